The average molecular weight is 246 g/mol. The highest BCUT2D eigenvalue weighted by Gasteiger charge is 2.28. The second-order valence-corrected chi connectivity index (χ2v) is 4.48. The first-order valence-corrected chi connectivity index (χ1v) is 5.56. The normalized spacial score (nSPS) is 17.9. The maximum Gasteiger partial charge on any atom is 0.314 e. The van der Waals surface area contributed by atoms with E-state index in [4.69, 9.17) is 5.11 Å². The molecule has 6 heteroatoms. The van der Waals surface area contributed by atoms with E-state index in [2.05, 4.69) is 9.97 Å². The van der Waals surface area contributed by atoms with E-state index in [9.17, 15) is 14.4 Å². The van der Waals surface area contributed by atoms with Crippen molar-refractivity contribution in [3.8, 4) is 0 Å². The van der Waals surface area contributed by atoms with Crippen molar-refractivity contribution in [2.75, 3.05) is 0 Å². The van der Waals surface area contributed by atoms with Gasteiger partial charge in [-0.05, 0) is 30.0 Å². The molecule has 6 nitrogen and oxygen atoms in total. The molecule has 1 atom stereocenters. The smallest absolute Gasteiger partial charge is 0.314 e. The van der Waals surface area contributed by atoms with Crippen molar-refractivity contribution in [1.29, 1.82) is 0 Å². The van der Waals surface area contributed by atoms with E-state index >= 15 is 0 Å². The van der Waals surface area contributed by atoms with Crippen LogP contribution in [0.15, 0.2) is 21.7 Å². The molecule has 1 aliphatic carbocycles. The van der Waals surface area contributed by atoms with E-state index in [0.717, 1.165) is 11.1 Å². The number of fused-ring (bicyclic) bond motifs is 3. The molecule has 0 spiro atoms. The number of carboxylic acid groups (broad SMARTS) is 1. The number of aromatic amines is 2. The summed E-state index contributed by atoms with van der Waals surface area (Å²) in [7, 11) is 0. The second kappa shape index (κ2) is 3.56. The molecule has 2 aromatic rings. The summed E-state index contributed by atoms with van der Waals surface area (Å²) in [6.45, 7) is 0. The molecule has 1 unspecified atom stereocenters. The predicted octanol–water partition coefficient (Wildman–Crippen LogP) is 0.0158. The first-order valence-electron chi connectivity index (χ1n) is 5.56. The molecule has 3 N–H and O–H groups in total. The fraction of sp³-hybridized carbons (Fsp3) is 0.250. The average Bonchev–Trinajstić information content (AvgIpc) is 2.75. The summed E-state index contributed by atoms with van der Waals surface area (Å²) < 4.78 is 0. The van der Waals surface area contributed by atoms with E-state index in [1.165, 1.54) is 0 Å². The lowest BCUT2D eigenvalue weighted by Crippen LogP contribution is -2.29. The third-order valence-corrected chi connectivity index (χ3v) is 3.37. The predicted molar refractivity (Wildman–Crippen MR) is 63.7 cm³/mol. The van der Waals surface area contributed by atoms with Crippen molar-refractivity contribution >= 4 is 17.0 Å². The molecule has 0 amide bonds. The van der Waals surface area contributed by atoms with Crippen molar-refractivity contribution in [3.05, 3.63) is 44.0 Å². The number of H-pyrrole nitrogens is 2. The third-order valence-electron chi connectivity index (χ3n) is 3.37. The van der Waals surface area contributed by atoms with Crippen LogP contribution in [0.3, 0.4) is 0 Å². The van der Waals surface area contributed by atoms with Gasteiger partial charge in [-0.15, -0.1) is 0 Å². The highest BCUT2D eigenvalue weighted by atomic mass is 16.4. The SMILES string of the molecule is O=C(O)C1Cc2ccc3[nH]c(=O)c(=O)[nH]c3c2C1. The minimum absolute atomic E-state index is 0.379. The number of benzene rings is 1. The third kappa shape index (κ3) is 1.46. The van der Waals surface area contributed by atoms with E-state index in [0.29, 0.717) is 23.9 Å². The van der Waals surface area contributed by atoms with Crippen LogP contribution in [-0.4, -0.2) is 21.0 Å². The quantitative estimate of drug-likeness (QED) is 0.617. The zero-order valence-corrected chi connectivity index (χ0v) is 9.32. The number of carboxylic acids is 1. The Balaban J connectivity index is 2.27. The molecule has 1 aliphatic rings. The molecule has 1 heterocycles. The van der Waals surface area contributed by atoms with Gasteiger partial charge in [0.15, 0.2) is 0 Å². The van der Waals surface area contributed by atoms with Crippen LogP contribution in [0.2, 0.25) is 0 Å². The summed E-state index contributed by atoms with van der Waals surface area (Å²) in [5.74, 6) is -1.30. The summed E-state index contributed by atoms with van der Waals surface area (Å²) in [6.07, 6.45) is 0.839. The molecule has 0 saturated carbocycles. The Kier molecular flexibility index (Phi) is 2.13. The molecule has 1 aromatic carbocycles. The molecule has 0 saturated heterocycles. The van der Waals surface area contributed by atoms with Crippen LogP contribution in [0, 0.1) is 5.92 Å². The van der Waals surface area contributed by atoms with Crippen LogP contribution in [0.1, 0.15) is 11.1 Å². The van der Waals surface area contributed by atoms with Crippen molar-refractivity contribution in [2.45, 2.75) is 12.8 Å². The van der Waals surface area contributed by atoms with Crippen LogP contribution in [0.5, 0.6) is 0 Å². The van der Waals surface area contributed by atoms with Gasteiger partial charge in [-0.2, -0.15) is 0 Å². The summed E-state index contributed by atoms with van der Waals surface area (Å²) >= 11 is 0. The summed E-state index contributed by atoms with van der Waals surface area (Å²) in [5, 5.41) is 9.03. The fourth-order valence-corrected chi connectivity index (χ4v) is 2.47. The Morgan fingerprint density at radius 1 is 1.17 bits per heavy atom. The molecular weight excluding hydrogens is 236 g/mol. The Morgan fingerprint density at radius 2 is 1.89 bits per heavy atom. The Hall–Kier alpha value is -2.37. The fourth-order valence-electron chi connectivity index (χ4n) is 2.47. The highest BCUT2D eigenvalue weighted by molar-refractivity contribution is 5.82. The van der Waals surface area contributed by atoms with E-state index in [-0.39, 0.29) is 0 Å². The topological polar surface area (TPSA) is 103 Å². The monoisotopic (exact) mass is 246 g/mol. The lowest BCUT2D eigenvalue weighted by Gasteiger charge is -2.03. The van der Waals surface area contributed by atoms with Crippen LogP contribution >= 0.6 is 0 Å². The van der Waals surface area contributed by atoms with Gasteiger partial charge in [-0.3, -0.25) is 14.4 Å². The van der Waals surface area contributed by atoms with Gasteiger partial charge in [0.1, 0.15) is 0 Å². The molecular formula is C12H10N2O4. The lowest BCUT2D eigenvalue weighted by molar-refractivity contribution is -0.141. The molecule has 1 aromatic heterocycles. The van der Waals surface area contributed by atoms with E-state index < -0.39 is 23.0 Å². The maximum absolute atomic E-state index is 11.3. The first kappa shape index (κ1) is 10.8. The molecule has 92 valence electrons. The van der Waals surface area contributed by atoms with Gasteiger partial charge in [-0.1, -0.05) is 6.07 Å². The van der Waals surface area contributed by atoms with Gasteiger partial charge >= 0.3 is 17.1 Å². The Morgan fingerprint density at radius 3 is 2.61 bits per heavy atom. The van der Waals surface area contributed by atoms with Gasteiger partial charge in [0.25, 0.3) is 0 Å². The van der Waals surface area contributed by atoms with Crippen molar-refractivity contribution in [3.63, 3.8) is 0 Å². The Bertz CT molecular complexity index is 772. The minimum atomic E-state index is -0.842. The van der Waals surface area contributed by atoms with Gasteiger partial charge in [0.05, 0.1) is 17.0 Å². The van der Waals surface area contributed by atoms with Crippen LogP contribution < -0.4 is 11.1 Å². The number of hydrogen-bond donors (Lipinski definition) is 3. The summed E-state index contributed by atoms with van der Waals surface area (Å²) in [4.78, 5) is 38.6. The second-order valence-electron chi connectivity index (χ2n) is 4.48. The van der Waals surface area contributed by atoms with E-state index in [1.54, 1.807) is 12.1 Å². The van der Waals surface area contributed by atoms with Crippen molar-refractivity contribution in [2.24, 2.45) is 5.92 Å². The molecule has 0 bridgehead atoms. The number of aliphatic carboxylic acids is 1. The standard InChI is InChI=1S/C12H10N2O4/c15-10-11(16)14-9-7-4-6(12(17)18)3-5(7)1-2-8(9)13-10/h1-2,6H,3-4H2,(H,13,15)(H,14,16)(H,17,18). The van der Waals surface area contributed by atoms with Crippen LogP contribution in [0.4, 0.5) is 0 Å². The van der Waals surface area contributed by atoms with Gasteiger partial charge < -0.3 is 15.1 Å². The zero-order chi connectivity index (χ0) is 12.9. The number of carbonyl (C=O) groups is 1. The van der Waals surface area contributed by atoms with Crippen LogP contribution in [-0.2, 0) is 17.6 Å². The molecule has 18 heavy (non-hydrogen) atoms. The van der Waals surface area contributed by atoms with Crippen molar-refractivity contribution < 1.29 is 9.90 Å². The molecule has 0 aliphatic heterocycles. The number of nitrogens with one attached hydrogen (secondary N) is 2. The Labute approximate surface area is 100 Å². The van der Waals surface area contributed by atoms with Gasteiger partial charge in [0, 0.05) is 0 Å². The maximum atomic E-state index is 11.3. The van der Waals surface area contributed by atoms with Crippen LogP contribution in [0.25, 0.3) is 11.0 Å². The van der Waals surface area contributed by atoms with Gasteiger partial charge in [0.2, 0.25) is 0 Å². The molecule has 3 rings (SSSR count). The molecule has 0 radical (unpaired) electrons. The summed E-state index contributed by atoms with van der Waals surface area (Å²) in [5.41, 5.74) is 1.39. The highest BCUT2D eigenvalue weighted by Crippen LogP contribution is 2.30. The summed E-state index contributed by atoms with van der Waals surface area (Å²) in [6, 6.07) is 3.49. The van der Waals surface area contributed by atoms with E-state index in [1.807, 2.05) is 0 Å². The van der Waals surface area contributed by atoms with Crippen molar-refractivity contribution in [1.82, 2.24) is 9.97 Å². The zero-order valence-electron chi connectivity index (χ0n) is 9.32. The molecule has 0 fully saturated rings. The first-order chi connectivity index (χ1) is 8.56. The minimum Gasteiger partial charge on any atom is -0.481 e. The lowest BCUT2D eigenvalue weighted by atomic mass is 10.1. The number of hydrogen-bond acceptors (Lipinski definition) is 3. The number of aromatic nitrogens is 2. The largest absolute Gasteiger partial charge is 0.481 e. The van der Waals surface area contributed by atoms with Gasteiger partial charge in [-0.25, -0.2) is 0 Å². The number of rotatable bonds is 1.